The number of hydrogen-bond donors (Lipinski definition) is 2. The molecule has 0 saturated carbocycles. The smallest absolute Gasteiger partial charge is 0.230 e. The van der Waals surface area contributed by atoms with Gasteiger partial charge in [0, 0.05) is 30.3 Å². The summed E-state index contributed by atoms with van der Waals surface area (Å²) >= 11 is 7.35. The largest absolute Gasteiger partial charge is 0.385 e. The van der Waals surface area contributed by atoms with Crippen molar-refractivity contribution in [2.24, 2.45) is 0 Å². The van der Waals surface area contributed by atoms with Crippen LogP contribution in [0, 0.1) is 0 Å². The molecule has 4 nitrogen and oxygen atoms in total. The molecule has 0 bridgehead atoms. The molecular formula is C15H20ClNO3S. The molecule has 1 heterocycles. The number of benzene rings is 1. The zero-order chi connectivity index (χ0) is 15.3. The summed E-state index contributed by atoms with van der Waals surface area (Å²) in [5.41, 5.74) is 0.199. The van der Waals surface area contributed by atoms with E-state index in [1.165, 1.54) is 11.8 Å². The first-order valence-electron chi connectivity index (χ1n) is 6.92. The molecule has 1 aliphatic rings. The van der Waals surface area contributed by atoms with Crippen LogP contribution in [-0.4, -0.2) is 41.6 Å². The van der Waals surface area contributed by atoms with Gasteiger partial charge in [-0.25, -0.2) is 0 Å². The molecule has 0 radical (unpaired) electrons. The van der Waals surface area contributed by atoms with E-state index in [9.17, 15) is 9.90 Å². The Hall–Kier alpha value is -0.750. The van der Waals surface area contributed by atoms with Crippen LogP contribution in [0.25, 0.3) is 0 Å². The summed E-state index contributed by atoms with van der Waals surface area (Å²) in [5, 5.41) is 13.8. The van der Waals surface area contributed by atoms with Gasteiger partial charge < -0.3 is 15.2 Å². The van der Waals surface area contributed by atoms with E-state index in [-0.39, 0.29) is 18.6 Å². The Kier molecular flexibility index (Phi) is 5.93. The number of hydrogen-bond acceptors (Lipinski definition) is 4. The third-order valence-corrected chi connectivity index (χ3v) is 4.92. The Morgan fingerprint density at radius 2 is 2.24 bits per heavy atom. The Morgan fingerprint density at radius 1 is 1.52 bits per heavy atom. The fourth-order valence-electron chi connectivity index (χ4n) is 2.15. The Balaban J connectivity index is 1.67. The van der Waals surface area contributed by atoms with Gasteiger partial charge in [0.1, 0.15) is 5.60 Å². The van der Waals surface area contributed by atoms with Crippen molar-refractivity contribution in [2.45, 2.75) is 30.8 Å². The minimum absolute atomic E-state index is 0.0681. The number of halogens is 1. The van der Waals surface area contributed by atoms with Gasteiger partial charge in [-0.15, -0.1) is 11.8 Å². The third-order valence-electron chi connectivity index (χ3n) is 3.67. The average Bonchev–Trinajstić information content (AvgIpc) is 2.79. The van der Waals surface area contributed by atoms with E-state index >= 15 is 0 Å². The van der Waals surface area contributed by atoms with Crippen LogP contribution in [0.4, 0.5) is 0 Å². The molecule has 0 aromatic heterocycles. The number of amides is 1. The van der Waals surface area contributed by atoms with E-state index in [0.717, 1.165) is 11.3 Å². The minimum atomic E-state index is -0.934. The predicted molar refractivity (Wildman–Crippen MR) is 85.6 cm³/mol. The highest BCUT2D eigenvalue weighted by Crippen LogP contribution is 2.24. The van der Waals surface area contributed by atoms with E-state index in [1.54, 1.807) is 0 Å². The monoisotopic (exact) mass is 329 g/mol. The van der Waals surface area contributed by atoms with Gasteiger partial charge in [0.25, 0.3) is 0 Å². The molecule has 2 atom stereocenters. The minimum Gasteiger partial charge on any atom is -0.385 e. The average molecular weight is 330 g/mol. The topological polar surface area (TPSA) is 58.6 Å². The van der Waals surface area contributed by atoms with Gasteiger partial charge in [-0.1, -0.05) is 23.7 Å². The highest BCUT2D eigenvalue weighted by atomic mass is 35.5. The normalized spacial score (nSPS) is 25.0. The maximum atomic E-state index is 11.8. The molecule has 1 fully saturated rings. The van der Waals surface area contributed by atoms with Crippen molar-refractivity contribution < 1.29 is 14.6 Å². The van der Waals surface area contributed by atoms with Crippen LogP contribution >= 0.6 is 23.4 Å². The second kappa shape index (κ2) is 7.49. The van der Waals surface area contributed by atoms with Gasteiger partial charge in [-0.05, 0) is 24.6 Å². The maximum Gasteiger partial charge on any atom is 0.230 e. The van der Waals surface area contributed by atoms with Gasteiger partial charge in [-0.3, -0.25) is 4.79 Å². The summed E-state index contributed by atoms with van der Waals surface area (Å²) in [4.78, 5) is 11.8. The number of aliphatic hydroxyl groups is 1. The molecule has 2 N–H and O–H groups in total. The number of ether oxygens (including phenoxy) is 1. The van der Waals surface area contributed by atoms with Crippen LogP contribution in [-0.2, 0) is 15.3 Å². The van der Waals surface area contributed by atoms with E-state index in [2.05, 4.69) is 5.32 Å². The van der Waals surface area contributed by atoms with E-state index in [4.69, 9.17) is 16.3 Å². The molecule has 21 heavy (non-hydrogen) atoms. The summed E-state index contributed by atoms with van der Waals surface area (Å²) in [6.45, 7) is 2.61. The fraction of sp³-hybridized carbons (Fsp3) is 0.533. The lowest BCUT2D eigenvalue weighted by molar-refractivity contribution is -0.120. The van der Waals surface area contributed by atoms with Crippen molar-refractivity contribution in [3.05, 3.63) is 34.9 Å². The van der Waals surface area contributed by atoms with E-state index < -0.39 is 5.60 Å². The summed E-state index contributed by atoms with van der Waals surface area (Å²) in [6, 6.07) is 7.59. The second-order valence-corrected chi connectivity index (χ2v) is 6.68. The van der Waals surface area contributed by atoms with Crippen molar-refractivity contribution in [1.82, 2.24) is 5.32 Å². The Labute approximate surface area is 134 Å². The summed E-state index contributed by atoms with van der Waals surface area (Å²) < 4.78 is 5.33. The van der Waals surface area contributed by atoms with Crippen molar-refractivity contribution in [2.75, 3.05) is 18.9 Å². The van der Waals surface area contributed by atoms with Crippen LogP contribution in [0.2, 0.25) is 5.02 Å². The van der Waals surface area contributed by atoms with Crippen molar-refractivity contribution in [3.63, 3.8) is 0 Å². The quantitative estimate of drug-likeness (QED) is 0.840. The maximum absolute atomic E-state index is 11.8. The van der Waals surface area contributed by atoms with Crippen LogP contribution < -0.4 is 5.32 Å². The Bertz CT molecular complexity index is 482. The van der Waals surface area contributed by atoms with Crippen molar-refractivity contribution in [1.29, 1.82) is 0 Å². The number of rotatable bonds is 6. The lowest BCUT2D eigenvalue weighted by atomic mass is 9.97. The molecule has 1 aliphatic heterocycles. The summed E-state index contributed by atoms with van der Waals surface area (Å²) in [6.07, 6.45) is 0.325. The zero-order valence-corrected chi connectivity index (χ0v) is 13.5. The molecule has 1 amide bonds. The molecule has 116 valence electrons. The van der Waals surface area contributed by atoms with E-state index in [1.807, 2.05) is 31.2 Å². The van der Waals surface area contributed by atoms with E-state index in [0.29, 0.717) is 23.8 Å². The Morgan fingerprint density at radius 3 is 2.86 bits per heavy atom. The molecule has 6 heteroatoms. The van der Waals surface area contributed by atoms with Crippen molar-refractivity contribution in [3.8, 4) is 0 Å². The molecular weight excluding hydrogens is 310 g/mol. The first-order valence-corrected chi connectivity index (χ1v) is 8.46. The first kappa shape index (κ1) is 16.6. The molecule has 1 aromatic carbocycles. The fourth-order valence-corrected chi connectivity index (χ4v) is 3.09. The third kappa shape index (κ3) is 4.88. The summed E-state index contributed by atoms with van der Waals surface area (Å²) in [7, 11) is 0. The SMILES string of the molecule is CC1OCCC1(O)CNC(=O)CSCc1ccc(Cl)cc1. The number of thioether (sulfide) groups is 1. The van der Waals surface area contributed by atoms with Gasteiger partial charge in [0.05, 0.1) is 11.9 Å². The molecule has 2 rings (SSSR count). The van der Waals surface area contributed by atoms with Gasteiger partial charge in [0.2, 0.25) is 5.91 Å². The molecule has 0 spiro atoms. The number of nitrogens with one attached hydrogen (secondary N) is 1. The molecule has 0 aliphatic carbocycles. The molecule has 2 unspecified atom stereocenters. The highest BCUT2D eigenvalue weighted by Gasteiger charge is 2.39. The zero-order valence-electron chi connectivity index (χ0n) is 12.0. The summed E-state index contributed by atoms with van der Waals surface area (Å²) in [5.74, 6) is 1.06. The van der Waals surface area contributed by atoms with Crippen LogP contribution in [0.15, 0.2) is 24.3 Å². The first-order chi connectivity index (χ1) is 9.99. The number of carbonyl (C=O) groups is 1. The van der Waals surface area contributed by atoms with Crippen LogP contribution in [0.5, 0.6) is 0 Å². The lowest BCUT2D eigenvalue weighted by Crippen LogP contribution is -2.47. The van der Waals surface area contributed by atoms with Gasteiger partial charge in [0.15, 0.2) is 0 Å². The number of carbonyl (C=O) groups excluding carboxylic acids is 1. The van der Waals surface area contributed by atoms with Crippen LogP contribution in [0.1, 0.15) is 18.9 Å². The molecule has 1 saturated heterocycles. The van der Waals surface area contributed by atoms with Crippen molar-refractivity contribution >= 4 is 29.3 Å². The lowest BCUT2D eigenvalue weighted by Gasteiger charge is -2.26. The van der Waals surface area contributed by atoms with Crippen LogP contribution in [0.3, 0.4) is 0 Å². The predicted octanol–water partition coefficient (Wildman–Crippen LogP) is 2.23. The van der Waals surface area contributed by atoms with Gasteiger partial charge >= 0.3 is 0 Å². The molecule has 1 aromatic rings. The highest BCUT2D eigenvalue weighted by molar-refractivity contribution is 7.99. The standard InChI is InChI=1S/C15H20ClNO3S/c1-11-15(19,6-7-20-11)10-17-14(18)9-21-8-12-2-4-13(16)5-3-12/h2-5,11,19H,6-10H2,1H3,(H,17,18). The second-order valence-electron chi connectivity index (χ2n) is 5.26. The van der Waals surface area contributed by atoms with Gasteiger partial charge in [-0.2, -0.15) is 0 Å².